The topological polar surface area (TPSA) is 96.5 Å². The van der Waals surface area contributed by atoms with Crippen molar-refractivity contribution in [3.63, 3.8) is 0 Å². The average molecular weight is 374 g/mol. The maximum Gasteiger partial charge on any atom is 0.311 e. The molecule has 1 aromatic rings. The molecule has 0 radical (unpaired) electrons. The zero-order valence-corrected chi connectivity index (χ0v) is 16.1. The van der Waals surface area contributed by atoms with Crippen molar-refractivity contribution in [2.75, 3.05) is 13.2 Å². The second kappa shape index (κ2) is 7.66. The van der Waals surface area contributed by atoms with E-state index in [-0.39, 0.29) is 29.9 Å². The summed E-state index contributed by atoms with van der Waals surface area (Å²) in [6.45, 7) is 4.86. The number of aryl methyl sites for hydroxylation is 1. The van der Waals surface area contributed by atoms with E-state index >= 15 is 0 Å². The molecule has 0 unspecified atom stereocenters. The summed E-state index contributed by atoms with van der Waals surface area (Å²) >= 11 is 0. The number of aromatic amines is 1. The van der Waals surface area contributed by atoms with Crippen molar-refractivity contribution in [3.8, 4) is 0 Å². The van der Waals surface area contributed by atoms with Crippen LogP contribution in [0.4, 0.5) is 0 Å². The Morgan fingerprint density at radius 2 is 1.85 bits per heavy atom. The summed E-state index contributed by atoms with van der Waals surface area (Å²) in [6, 6.07) is 0.242. The molecule has 1 saturated carbocycles. The fraction of sp³-hybridized carbons (Fsp3) is 0.600. The molecule has 27 heavy (non-hydrogen) atoms. The Hall–Kier alpha value is -2.44. The smallest absolute Gasteiger partial charge is 0.311 e. The first-order valence-electron chi connectivity index (χ1n) is 9.49. The number of nitrogens with zero attached hydrogens (tertiary/aromatic N) is 1. The molecular weight excluding hydrogens is 348 g/mol. The van der Waals surface area contributed by atoms with Crippen molar-refractivity contribution in [1.29, 1.82) is 0 Å². The third-order valence-electron chi connectivity index (χ3n) is 5.67. The molecule has 1 saturated heterocycles. The van der Waals surface area contributed by atoms with Crippen molar-refractivity contribution in [2.45, 2.75) is 58.9 Å². The van der Waals surface area contributed by atoms with Gasteiger partial charge in [0, 0.05) is 30.3 Å². The summed E-state index contributed by atoms with van der Waals surface area (Å²) in [5.41, 5.74) is 1.99. The molecular formula is C20H26N2O5. The Labute approximate surface area is 158 Å². The lowest BCUT2D eigenvalue weighted by Crippen LogP contribution is -2.35. The van der Waals surface area contributed by atoms with Crippen LogP contribution in [0.2, 0.25) is 0 Å². The summed E-state index contributed by atoms with van der Waals surface area (Å²) < 4.78 is 5.19. The van der Waals surface area contributed by atoms with Crippen LogP contribution in [-0.2, 0) is 14.3 Å². The highest BCUT2D eigenvalue weighted by molar-refractivity contribution is 6.04. The highest BCUT2D eigenvalue weighted by Crippen LogP contribution is 2.30. The van der Waals surface area contributed by atoms with Gasteiger partial charge in [0.2, 0.25) is 11.7 Å². The minimum Gasteiger partial charge on any atom is -0.457 e. The highest BCUT2D eigenvalue weighted by atomic mass is 16.5. The van der Waals surface area contributed by atoms with Gasteiger partial charge in [-0.1, -0.05) is 12.8 Å². The Balaban J connectivity index is 1.58. The molecule has 0 bridgehead atoms. The zero-order chi connectivity index (χ0) is 19.7. The summed E-state index contributed by atoms with van der Waals surface area (Å²) in [6.07, 6.45) is 4.38. The first-order chi connectivity index (χ1) is 12.8. The van der Waals surface area contributed by atoms with E-state index < -0.39 is 18.5 Å². The molecule has 1 amide bonds. The molecule has 1 aliphatic heterocycles. The predicted octanol–water partition coefficient (Wildman–Crippen LogP) is 2.35. The number of ether oxygens (including phenoxy) is 1. The van der Waals surface area contributed by atoms with Crippen LogP contribution in [0.15, 0.2) is 0 Å². The molecule has 1 aromatic heterocycles. The summed E-state index contributed by atoms with van der Waals surface area (Å²) in [4.78, 5) is 53.3. The normalized spacial score (nSPS) is 20.3. The van der Waals surface area contributed by atoms with Gasteiger partial charge >= 0.3 is 5.97 Å². The fourth-order valence-electron chi connectivity index (χ4n) is 4.34. The van der Waals surface area contributed by atoms with Crippen molar-refractivity contribution in [1.82, 2.24) is 9.88 Å². The number of carbonyl (C=O) groups is 4. The maximum atomic E-state index is 12.4. The van der Waals surface area contributed by atoms with Crippen LogP contribution in [0.25, 0.3) is 0 Å². The number of nitrogens with one attached hydrogen (secondary N) is 1. The van der Waals surface area contributed by atoms with Crippen molar-refractivity contribution < 1.29 is 23.9 Å². The van der Waals surface area contributed by atoms with Crippen molar-refractivity contribution >= 4 is 23.4 Å². The third-order valence-corrected chi connectivity index (χ3v) is 5.67. The number of amides is 1. The highest BCUT2D eigenvalue weighted by Gasteiger charge is 2.39. The lowest BCUT2D eigenvalue weighted by molar-refractivity contribution is -0.147. The molecule has 3 rings (SSSR count). The van der Waals surface area contributed by atoms with Crippen LogP contribution in [0, 0.1) is 19.8 Å². The first-order valence-corrected chi connectivity index (χ1v) is 9.49. The molecule has 0 spiro atoms. The van der Waals surface area contributed by atoms with Crippen LogP contribution in [0.5, 0.6) is 0 Å². The van der Waals surface area contributed by atoms with Crippen LogP contribution in [0.3, 0.4) is 0 Å². The average Bonchev–Trinajstić information content (AvgIpc) is 3.31. The first kappa shape index (κ1) is 19.3. The van der Waals surface area contributed by atoms with E-state index in [9.17, 15) is 19.2 Å². The number of hydrogen-bond acceptors (Lipinski definition) is 5. The zero-order valence-electron chi connectivity index (χ0n) is 16.1. The predicted molar refractivity (Wildman–Crippen MR) is 97.6 cm³/mol. The van der Waals surface area contributed by atoms with Crippen LogP contribution in [0.1, 0.15) is 71.1 Å². The molecule has 7 nitrogen and oxygen atoms in total. The molecule has 146 valence electrons. The SMILES string of the molecule is CC(=O)c1c(C)[nH]c(C(=O)COC(=O)[C@@H]2CC(=O)N(C3CCCC3)C2)c1C. The second-order valence-electron chi connectivity index (χ2n) is 7.60. The summed E-state index contributed by atoms with van der Waals surface area (Å²) in [5, 5.41) is 0. The minimum atomic E-state index is -0.509. The third kappa shape index (κ3) is 3.82. The number of carbonyl (C=O) groups excluding carboxylic acids is 4. The number of aromatic nitrogens is 1. The van der Waals surface area contributed by atoms with Crippen LogP contribution >= 0.6 is 0 Å². The van der Waals surface area contributed by atoms with Gasteiger partial charge in [-0.2, -0.15) is 0 Å². The fourth-order valence-corrected chi connectivity index (χ4v) is 4.34. The number of H-pyrrole nitrogens is 1. The summed E-state index contributed by atoms with van der Waals surface area (Å²) in [7, 11) is 0. The van der Waals surface area contributed by atoms with E-state index in [4.69, 9.17) is 4.74 Å². The van der Waals surface area contributed by atoms with Gasteiger partial charge in [0.15, 0.2) is 12.4 Å². The standard InChI is InChI=1S/C20H26N2O5/c1-11-18(13(3)23)12(2)21-19(11)16(24)10-27-20(26)14-8-17(25)22(9-14)15-6-4-5-7-15/h14-15,21H,4-10H2,1-3H3/t14-/m1/s1. The number of likely N-dealkylation sites (tertiary alicyclic amines) is 1. The molecule has 1 N–H and O–H groups in total. The van der Waals surface area contributed by atoms with Gasteiger partial charge in [0.25, 0.3) is 0 Å². The van der Waals surface area contributed by atoms with Crippen molar-refractivity contribution in [3.05, 3.63) is 22.5 Å². The number of Topliss-reactive ketones (excluding diaryl/α,β-unsaturated/α-hetero) is 2. The maximum absolute atomic E-state index is 12.4. The van der Waals surface area contributed by atoms with Crippen LogP contribution in [-0.4, -0.2) is 52.5 Å². The van der Waals surface area contributed by atoms with E-state index in [0.29, 0.717) is 29.1 Å². The van der Waals surface area contributed by atoms with Gasteiger partial charge in [-0.15, -0.1) is 0 Å². The van der Waals surface area contributed by atoms with Gasteiger partial charge in [-0.25, -0.2) is 0 Å². The number of rotatable bonds is 6. The van der Waals surface area contributed by atoms with Gasteiger partial charge < -0.3 is 14.6 Å². The minimum absolute atomic E-state index is 0.00267. The van der Waals surface area contributed by atoms with Gasteiger partial charge in [-0.05, 0) is 39.2 Å². The molecule has 2 heterocycles. The largest absolute Gasteiger partial charge is 0.457 e. The quantitative estimate of drug-likeness (QED) is 0.609. The van der Waals surface area contributed by atoms with E-state index in [0.717, 1.165) is 25.7 Å². The van der Waals surface area contributed by atoms with Gasteiger partial charge in [0.05, 0.1) is 11.6 Å². The Morgan fingerprint density at radius 3 is 2.44 bits per heavy atom. The van der Waals surface area contributed by atoms with E-state index in [1.807, 2.05) is 0 Å². The molecule has 2 fully saturated rings. The number of hydrogen-bond donors (Lipinski definition) is 1. The lowest BCUT2D eigenvalue weighted by atomic mass is 10.1. The van der Waals surface area contributed by atoms with Gasteiger partial charge in [0.1, 0.15) is 0 Å². The molecule has 2 aliphatic rings. The Morgan fingerprint density at radius 1 is 1.19 bits per heavy atom. The number of ketones is 2. The molecule has 1 aliphatic carbocycles. The Bertz CT molecular complexity index is 789. The molecule has 7 heteroatoms. The monoisotopic (exact) mass is 374 g/mol. The Kier molecular flexibility index (Phi) is 5.48. The van der Waals surface area contributed by atoms with Crippen molar-refractivity contribution in [2.24, 2.45) is 5.92 Å². The van der Waals surface area contributed by atoms with E-state index in [1.165, 1.54) is 6.92 Å². The molecule has 0 aromatic carbocycles. The van der Waals surface area contributed by atoms with E-state index in [1.54, 1.807) is 18.7 Å². The summed E-state index contributed by atoms with van der Waals surface area (Å²) in [5.74, 6) is -1.52. The second-order valence-corrected chi connectivity index (χ2v) is 7.60. The van der Waals surface area contributed by atoms with Crippen LogP contribution < -0.4 is 0 Å². The molecule has 1 atom stereocenters. The van der Waals surface area contributed by atoms with Gasteiger partial charge in [-0.3, -0.25) is 19.2 Å². The van der Waals surface area contributed by atoms with E-state index in [2.05, 4.69) is 4.98 Å². The lowest BCUT2D eigenvalue weighted by Gasteiger charge is -2.23. The number of esters is 1.